The molecular formula is C11H11IN2O2. The van der Waals surface area contributed by atoms with E-state index in [2.05, 4.69) is 27.9 Å². The maximum Gasteiger partial charge on any atom is 0.328 e. The average Bonchev–Trinajstić information content (AvgIpc) is 2.22. The van der Waals surface area contributed by atoms with E-state index in [0.717, 1.165) is 14.8 Å². The number of nitrogens with zero attached hydrogens (tertiary/aromatic N) is 1. The Morgan fingerprint density at radius 3 is 2.81 bits per heavy atom. The van der Waals surface area contributed by atoms with Gasteiger partial charge in [0.15, 0.2) is 0 Å². The Morgan fingerprint density at radius 2 is 2.12 bits per heavy atom. The first kappa shape index (κ1) is 11.4. The van der Waals surface area contributed by atoms with Gasteiger partial charge < -0.3 is 0 Å². The summed E-state index contributed by atoms with van der Waals surface area (Å²) in [5.74, 6) is -0.204. The summed E-state index contributed by atoms with van der Waals surface area (Å²) < 4.78 is 1.07. The smallest absolute Gasteiger partial charge is 0.293 e. The van der Waals surface area contributed by atoms with Crippen LogP contribution in [-0.4, -0.2) is 18.5 Å². The van der Waals surface area contributed by atoms with E-state index in [1.54, 1.807) is 4.90 Å². The van der Waals surface area contributed by atoms with Gasteiger partial charge in [0.25, 0.3) is 0 Å². The van der Waals surface area contributed by atoms with Crippen LogP contribution in [0.15, 0.2) is 18.2 Å². The minimum Gasteiger partial charge on any atom is -0.293 e. The summed E-state index contributed by atoms with van der Waals surface area (Å²) >= 11 is 2.20. The van der Waals surface area contributed by atoms with Gasteiger partial charge in [-0.2, -0.15) is 0 Å². The summed E-state index contributed by atoms with van der Waals surface area (Å²) in [6, 6.07) is 5.58. The molecule has 1 heterocycles. The maximum atomic E-state index is 11.7. The maximum absolute atomic E-state index is 11.7. The molecule has 0 aromatic heterocycles. The number of nitrogens with one attached hydrogen (secondary N) is 1. The van der Waals surface area contributed by atoms with Crippen LogP contribution in [0.1, 0.15) is 12.0 Å². The highest BCUT2D eigenvalue weighted by Crippen LogP contribution is 2.24. The third-order valence-electron chi connectivity index (χ3n) is 2.52. The Bertz CT molecular complexity index is 459. The predicted octanol–water partition coefficient (Wildman–Crippen LogP) is 2.05. The van der Waals surface area contributed by atoms with E-state index in [1.165, 1.54) is 0 Å². The van der Waals surface area contributed by atoms with Crippen molar-refractivity contribution in [3.05, 3.63) is 27.3 Å². The fraction of sp³-hybridized carbons (Fsp3) is 0.273. The number of rotatable bonds is 1. The lowest BCUT2D eigenvalue weighted by Gasteiger charge is -2.27. The highest BCUT2D eigenvalue weighted by Gasteiger charge is 2.25. The molecule has 0 spiro atoms. The zero-order chi connectivity index (χ0) is 11.7. The van der Waals surface area contributed by atoms with Crippen molar-refractivity contribution in [3.8, 4) is 0 Å². The number of halogens is 1. The third kappa shape index (κ3) is 2.18. The first-order valence-corrected chi connectivity index (χ1v) is 6.03. The van der Waals surface area contributed by atoms with E-state index in [0.29, 0.717) is 13.0 Å². The van der Waals surface area contributed by atoms with E-state index < -0.39 is 0 Å². The number of anilines is 1. The molecule has 1 aromatic carbocycles. The predicted molar refractivity (Wildman–Crippen MR) is 69.4 cm³/mol. The molecule has 16 heavy (non-hydrogen) atoms. The molecule has 84 valence electrons. The first-order chi connectivity index (χ1) is 7.58. The molecule has 0 aliphatic carbocycles. The van der Waals surface area contributed by atoms with E-state index in [1.807, 2.05) is 25.1 Å². The van der Waals surface area contributed by atoms with Gasteiger partial charge >= 0.3 is 6.03 Å². The van der Waals surface area contributed by atoms with Crippen LogP contribution in [0.3, 0.4) is 0 Å². The normalized spacial score (nSPS) is 16.2. The van der Waals surface area contributed by atoms with Crippen molar-refractivity contribution < 1.29 is 9.59 Å². The summed E-state index contributed by atoms with van der Waals surface area (Å²) in [5, 5.41) is 2.32. The molecular weight excluding hydrogens is 319 g/mol. The van der Waals surface area contributed by atoms with Crippen LogP contribution < -0.4 is 10.2 Å². The first-order valence-electron chi connectivity index (χ1n) is 4.95. The summed E-state index contributed by atoms with van der Waals surface area (Å²) in [6.45, 7) is 2.40. The number of hydrogen-bond acceptors (Lipinski definition) is 2. The summed E-state index contributed by atoms with van der Waals surface area (Å²) in [6.07, 6.45) is 0.358. The number of aryl methyl sites for hydroxylation is 1. The molecule has 0 radical (unpaired) electrons. The summed E-state index contributed by atoms with van der Waals surface area (Å²) in [7, 11) is 0. The van der Waals surface area contributed by atoms with Gasteiger partial charge in [0.05, 0.1) is 0 Å². The lowest BCUT2D eigenvalue weighted by atomic mass is 10.1. The van der Waals surface area contributed by atoms with Crippen molar-refractivity contribution in [2.45, 2.75) is 13.3 Å². The SMILES string of the molecule is Cc1ccc(I)cc1N1CCC(=O)NC1=O. The van der Waals surface area contributed by atoms with Crippen LogP contribution in [0.25, 0.3) is 0 Å². The molecule has 1 saturated heterocycles. The van der Waals surface area contributed by atoms with Crippen molar-refractivity contribution in [2.75, 3.05) is 11.4 Å². The molecule has 0 bridgehead atoms. The van der Waals surface area contributed by atoms with Crippen molar-refractivity contribution in [1.29, 1.82) is 0 Å². The second-order valence-corrected chi connectivity index (χ2v) is 4.93. The average molecular weight is 330 g/mol. The number of imide groups is 1. The Labute approximate surface area is 107 Å². The fourth-order valence-electron chi connectivity index (χ4n) is 1.67. The monoisotopic (exact) mass is 330 g/mol. The number of carbonyl (C=O) groups is 2. The van der Waals surface area contributed by atoms with Crippen molar-refractivity contribution in [3.63, 3.8) is 0 Å². The Hall–Kier alpha value is -1.11. The molecule has 1 aliphatic rings. The zero-order valence-electron chi connectivity index (χ0n) is 8.79. The van der Waals surface area contributed by atoms with Gasteiger partial charge in [0, 0.05) is 22.2 Å². The molecule has 0 atom stereocenters. The van der Waals surface area contributed by atoms with Gasteiger partial charge in [-0.1, -0.05) is 6.07 Å². The molecule has 1 fully saturated rings. The van der Waals surface area contributed by atoms with Crippen LogP contribution in [0.4, 0.5) is 10.5 Å². The Morgan fingerprint density at radius 1 is 1.38 bits per heavy atom. The Kier molecular flexibility index (Phi) is 3.13. The standard InChI is InChI=1S/C11H11IN2O2/c1-7-2-3-8(12)6-9(7)14-5-4-10(15)13-11(14)16/h2-3,6H,4-5H2,1H3,(H,13,15,16). The minimum atomic E-state index is -0.332. The third-order valence-corrected chi connectivity index (χ3v) is 3.19. The van der Waals surface area contributed by atoms with Crippen molar-refractivity contribution in [1.82, 2.24) is 5.32 Å². The molecule has 1 N–H and O–H groups in total. The second kappa shape index (κ2) is 4.40. The van der Waals surface area contributed by atoms with Gasteiger partial charge in [-0.3, -0.25) is 15.0 Å². The molecule has 2 rings (SSSR count). The summed E-state index contributed by atoms with van der Waals surface area (Å²) in [4.78, 5) is 24.3. The van der Waals surface area contributed by atoms with Crippen LogP contribution in [0, 0.1) is 10.5 Å². The van der Waals surface area contributed by atoms with Crippen molar-refractivity contribution >= 4 is 40.2 Å². The molecule has 4 nitrogen and oxygen atoms in total. The number of benzene rings is 1. The van der Waals surface area contributed by atoms with Crippen LogP contribution in [0.5, 0.6) is 0 Å². The van der Waals surface area contributed by atoms with Gasteiger partial charge in [-0.25, -0.2) is 4.79 Å². The van der Waals surface area contributed by atoms with E-state index in [9.17, 15) is 9.59 Å². The lowest BCUT2D eigenvalue weighted by Crippen LogP contribution is -2.49. The second-order valence-electron chi connectivity index (χ2n) is 3.69. The van der Waals surface area contributed by atoms with Crippen molar-refractivity contribution in [2.24, 2.45) is 0 Å². The number of urea groups is 1. The Balaban J connectivity index is 2.33. The number of hydrogen-bond donors (Lipinski definition) is 1. The lowest BCUT2D eigenvalue weighted by molar-refractivity contribution is -0.120. The molecule has 5 heteroatoms. The number of amides is 3. The van der Waals surface area contributed by atoms with Gasteiger partial charge in [0.1, 0.15) is 0 Å². The topological polar surface area (TPSA) is 49.4 Å². The highest BCUT2D eigenvalue weighted by molar-refractivity contribution is 14.1. The molecule has 0 saturated carbocycles. The molecule has 1 aliphatic heterocycles. The number of carbonyl (C=O) groups excluding carboxylic acids is 2. The van der Waals surface area contributed by atoms with Crippen LogP contribution in [0.2, 0.25) is 0 Å². The molecule has 3 amide bonds. The fourth-order valence-corrected chi connectivity index (χ4v) is 2.14. The molecule has 1 aromatic rings. The zero-order valence-corrected chi connectivity index (χ0v) is 10.9. The van der Waals surface area contributed by atoms with Crippen LogP contribution in [-0.2, 0) is 4.79 Å². The van der Waals surface area contributed by atoms with Gasteiger partial charge in [-0.15, -0.1) is 0 Å². The summed E-state index contributed by atoms with van der Waals surface area (Å²) in [5.41, 5.74) is 1.90. The minimum absolute atomic E-state index is 0.204. The van der Waals surface area contributed by atoms with Gasteiger partial charge in [-0.05, 0) is 47.2 Å². The van der Waals surface area contributed by atoms with E-state index in [-0.39, 0.29) is 11.9 Å². The van der Waals surface area contributed by atoms with E-state index in [4.69, 9.17) is 0 Å². The van der Waals surface area contributed by atoms with E-state index >= 15 is 0 Å². The quantitative estimate of drug-likeness (QED) is 0.801. The van der Waals surface area contributed by atoms with Gasteiger partial charge in [0.2, 0.25) is 5.91 Å². The molecule has 0 unspecified atom stereocenters. The largest absolute Gasteiger partial charge is 0.328 e. The van der Waals surface area contributed by atoms with Crippen LogP contribution >= 0.6 is 22.6 Å². The highest BCUT2D eigenvalue weighted by atomic mass is 127.